The fourth-order valence-corrected chi connectivity index (χ4v) is 1.16. The van der Waals surface area contributed by atoms with Crippen LogP contribution < -0.4 is 5.73 Å². The SMILES string of the molecule is [2H]C([2H])([2H])C(N)C(O)c1ccc(C)c(C)c1. The molecule has 0 aliphatic rings. The van der Waals surface area contributed by atoms with E-state index in [9.17, 15) is 5.11 Å². The second kappa shape index (κ2) is 3.90. The van der Waals surface area contributed by atoms with Gasteiger partial charge in [-0.2, -0.15) is 0 Å². The summed E-state index contributed by atoms with van der Waals surface area (Å²) in [7, 11) is 0. The van der Waals surface area contributed by atoms with Gasteiger partial charge in [0.15, 0.2) is 0 Å². The smallest absolute Gasteiger partial charge is 0.0938 e. The van der Waals surface area contributed by atoms with Gasteiger partial charge in [0.2, 0.25) is 0 Å². The van der Waals surface area contributed by atoms with Crippen LogP contribution in [0.15, 0.2) is 18.2 Å². The second-order valence-electron chi connectivity index (χ2n) is 3.31. The van der Waals surface area contributed by atoms with Gasteiger partial charge in [0.25, 0.3) is 0 Å². The first kappa shape index (κ1) is 6.57. The van der Waals surface area contributed by atoms with E-state index >= 15 is 0 Å². The minimum atomic E-state index is -2.35. The molecule has 1 aromatic carbocycles. The Labute approximate surface area is 83.6 Å². The van der Waals surface area contributed by atoms with Crippen LogP contribution in [0.3, 0.4) is 0 Å². The van der Waals surface area contributed by atoms with Crippen molar-refractivity contribution in [3.05, 3.63) is 34.9 Å². The minimum Gasteiger partial charge on any atom is -0.387 e. The molecule has 2 atom stereocenters. The second-order valence-corrected chi connectivity index (χ2v) is 3.31. The highest BCUT2D eigenvalue weighted by atomic mass is 16.3. The number of hydrogen-bond donors (Lipinski definition) is 2. The van der Waals surface area contributed by atoms with Gasteiger partial charge in [-0.1, -0.05) is 18.2 Å². The number of nitrogens with two attached hydrogens (primary N) is 1. The zero-order chi connectivity index (χ0) is 12.5. The Bertz CT molecular complexity index is 376. The van der Waals surface area contributed by atoms with E-state index in [0.29, 0.717) is 5.56 Å². The van der Waals surface area contributed by atoms with E-state index in [4.69, 9.17) is 9.85 Å². The summed E-state index contributed by atoms with van der Waals surface area (Å²) in [5.41, 5.74) is 8.15. The van der Waals surface area contributed by atoms with Crippen LogP contribution in [0.1, 0.15) is 33.8 Å². The zero-order valence-corrected chi connectivity index (χ0v) is 7.91. The molecule has 0 bridgehead atoms. The van der Waals surface area contributed by atoms with Gasteiger partial charge in [-0.3, -0.25) is 0 Å². The van der Waals surface area contributed by atoms with Gasteiger partial charge in [-0.25, -0.2) is 0 Å². The summed E-state index contributed by atoms with van der Waals surface area (Å²) in [6.45, 7) is 1.51. The van der Waals surface area contributed by atoms with Crippen LogP contribution in [0.2, 0.25) is 0 Å². The standard InChI is InChI=1S/C11H17NO/c1-7-4-5-10(6-8(7)2)11(13)9(3)12/h4-6,9,11,13H,12H2,1-3H3/i3D3. The van der Waals surface area contributed by atoms with Gasteiger partial charge in [0.05, 0.1) is 6.10 Å². The Morgan fingerprint density at radius 3 is 2.62 bits per heavy atom. The Morgan fingerprint density at radius 2 is 2.08 bits per heavy atom. The third-order valence-electron chi connectivity index (χ3n) is 2.21. The van der Waals surface area contributed by atoms with Crippen molar-refractivity contribution in [2.45, 2.75) is 32.8 Å². The molecule has 2 heteroatoms. The van der Waals surface area contributed by atoms with Crippen LogP contribution in [0.5, 0.6) is 0 Å². The first-order valence-corrected chi connectivity index (χ1v) is 4.24. The van der Waals surface area contributed by atoms with E-state index in [1.807, 2.05) is 19.9 Å². The van der Waals surface area contributed by atoms with Crippen LogP contribution in [0.25, 0.3) is 0 Å². The molecule has 0 aliphatic heterocycles. The van der Waals surface area contributed by atoms with Crippen LogP contribution in [-0.2, 0) is 0 Å². The molecule has 0 spiro atoms. The molecule has 0 heterocycles. The molecule has 2 unspecified atom stereocenters. The summed E-state index contributed by atoms with van der Waals surface area (Å²) in [5.74, 6) is 0. The molecular weight excluding hydrogens is 162 g/mol. The average Bonchev–Trinajstić information content (AvgIpc) is 2.18. The van der Waals surface area contributed by atoms with E-state index in [1.165, 1.54) is 0 Å². The van der Waals surface area contributed by atoms with Crippen molar-refractivity contribution in [3.8, 4) is 0 Å². The molecule has 3 N–H and O–H groups in total. The predicted molar refractivity (Wildman–Crippen MR) is 54.5 cm³/mol. The summed E-state index contributed by atoms with van der Waals surface area (Å²) in [5, 5.41) is 9.85. The number of benzene rings is 1. The highest BCUT2D eigenvalue weighted by Crippen LogP contribution is 2.18. The fraction of sp³-hybridized carbons (Fsp3) is 0.455. The van der Waals surface area contributed by atoms with Crippen molar-refractivity contribution >= 4 is 0 Å². The molecule has 72 valence electrons. The molecule has 2 nitrogen and oxygen atoms in total. The lowest BCUT2D eigenvalue weighted by Gasteiger charge is -2.15. The molecule has 0 saturated heterocycles. The Balaban J connectivity index is 2.97. The molecule has 0 radical (unpaired) electrons. The third-order valence-corrected chi connectivity index (χ3v) is 2.21. The van der Waals surface area contributed by atoms with Crippen LogP contribution in [0.4, 0.5) is 0 Å². The minimum absolute atomic E-state index is 0.548. The number of aliphatic hydroxyl groups is 1. The number of aryl methyl sites for hydroxylation is 2. The van der Waals surface area contributed by atoms with E-state index in [0.717, 1.165) is 11.1 Å². The molecule has 1 aromatic rings. The summed E-state index contributed by atoms with van der Waals surface area (Å²) in [6.07, 6.45) is -1.16. The van der Waals surface area contributed by atoms with Crippen molar-refractivity contribution in [1.29, 1.82) is 0 Å². The largest absolute Gasteiger partial charge is 0.387 e. The van der Waals surface area contributed by atoms with Gasteiger partial charge >= 0.3 is 0 Å². The molecule has 0 aromatic heterocycles. The average molecular weight is 182 g/mol. The maximum Gasteiger partial charge on any atom is 0.0938 e. The summed E-state index contributed by atoms with van der Waals surface area (Å²) in [4.78, 5) is 0. The van der Waals surface area contributed by atoms with Crippen molar-refractivity contribution in [2.75, 3.05) is 0 Å². The van der Waals surface area contributed by atoms with Crippen molar-refractivity contribution in [3.63, 3.8) is 0 Å². The Hall–Kier alpha value is -0.860. The molecule has 13 heavy (non-hydrogen) atoms. The number of rotatable bonds is 2. The Morgan fingerprint density at radius 1 is 1.38 bits per heavy atom. The molecule has 0 fully saturated rings. The predicted octanol–water partition coefficient (Wildman–Crippen LogP) is 1.68. The lowest BCUT2D eigenvalue weighted by molar-refractivity contribution is 0.153. The van der Waals surface area contributed by atoms with Crippen LogP contribution >= 0.6 is 0 Å². The fourth-order valence-electron chi connectivity index (χ4n) is 1.16. The van der Waals surface area contributed by atoms with Crippen LogP contribution in [-0.4, -0.2) is 11.1 Å². The highest BCUT2D eigenvalue weighted by Gasteiger charge is 2.12. The Kier molecular flexibility index (Phi) is 1.97. The molecule has 0 amide bonds. The normalized spacial score (nSPS) is 19.8. The van der Waals surface area contributed by atoms with Crippen molar-refractivity contribution in [2.24, 2.45) is 5.73 Å². The number of aliphatic hydroxyl groups excluding tert-OH is 1. The van der Waals surface area contributed by atoms with Crippen molar-refractivity contribution < 1.29 is 9.22 Å². The third kappa shape index (κ3) is 2.29. The van der Waals surface area contributed by atoms with Crippen LogP contribution in [0, 0.1) is 13.8 Å². The monoisotopic (exact) mass is 182 g/mol. The first-order chi connectivity index (χ1) is 7.23. The van der Waals surface area contributed by atoms with E-state index in [-0.39, 0.29) is 0 Å². The molecule has 0 aliphatic carbocycles. The van der Waals surface area contributed by atoms with Gasteiger partial charge in [-0.15, -0.1) is 0 Å². The lowest BCUT2D eigenvalue weighted by atomic mass is 9.99. The molecular formula is C11H17NO. The maximum atomic E-state index is 9.85. The van der Waals surface area contributed by atoms with E-state index in [1.54, 1.807) is 12.1 Å². The maximum absolute atomic E-state index is 9.85. The van der Waals surface area contributed by atoms with Gasteiger partial charge in [0.1, 0.15) is 0 Å². The van der Waals surface area contributed by atoms with Gasteiger partial charge in [0, 0.05) is 10.2 Å². The summed E-state index contributed by atoms with van der Waals surface area (Å²) in [6, 6.07) is 4.07. The van der Waals surface area contributed by atoms with E-state index in [2.05, 4.69) is 0 Å². The lowest BCUT2D eigenvalue weighted by Crippen LogP contribution is -2.24. The molecule has 1 rings (SSSR count). The quantitative estimate of drug-likeness (QED) is 0.731. The topological polar surface area (TPSA) is 46.2 Å². The first-order valence-electron chi connectivity index (χ1n) is 5.74. The van der Waals surface area contributed by atoms with Gasteiger partial charge < -0.3 is 10.8 Å². The highest BCUT2D eigenvalue weighted by molar-refractivity contribution is 5.31. The summed E-state index contributed by atoms with van der Waals surface area (Å²) < 4.78 is 21.5. The zero-order valence-electron chi connectivity index (χ0n) is 10.9. The number of hydrogen-bond acceptors (Lipinski definition) is 2. The summed E-state index contributed by atoms with van der Waals surface area (Å²) >= 11 is 0. The molecule has 0 saturated carbocycles. The van der Waals surface area contributed by atoms with E-state index < -0.39 is 19.0 Å². The van der Waals surface area contributed by atoms with Crippen molar-refractivity contribution in [1.82, 2.24) is 0 Å². The van der Waals surface area contributed by atoms with Gasteiger partial charge in [-0.05, 0) is 37.4 Å².